The summed E-state index contributed by atoms with van der Waals surface area (Å²) >= 11 is 9.71. The minimum absolute atomic E-state index is 0.482. The minimum atomic E-state index is 0.482. The molecule has 4 heteroatoms. The van der Waals surface area contributed by atoms with E-state index in [1.54, 1.807) is 0 Å². The van der Waals surface area contributed by atoms with Crippen LogP contribution in [-0.2, 0) is 6.42 Å². The molecule has 20 heavy (non-hydrogen) atoms. The number of halogens is 2. The van der Waals surface area contributed by atoms with Crippen LogP contribution in [-0.4, -0.2) is 9.97 Å². The highest BCUT2D eigenvalue weighted by Crippen LogP contribution is 2.30. The van der Waals surface area contributed by atoms with E-state index in [1.807, 2.05) is 0 Å². The Hall–Kier alpha value is -0.930. The highest BCUT2D eigenvalue weighted by atomic mass is 79.9. The lowest BCUT2D eigenvalue weighted by atomic mass is 10.0. The molecule has 2 aromatic rings. The molecular formula is C16H18BrClN2. The second-order valence-corrected chi connectivity index (χ2v) is 6.25. The standard InChI is InChI=1S/C16H18BrClN2/c1-5-6-13-14(17)15(18)20-16(19-13)12-8-10(3)9(2)7-11(12)4/h7-8H,5-6H2,1-4H3. The molecule has 0 amide bonds. The van der Waals surface area contributed by atoms with Gasteiger partial charge in [0.05, 0.1) is 10.2 Å². The van der Waals surface area contributed by atoms with Crippen molar-refractivity contribution >= 4 is 27.5 Å². The van der Waals surface area contributed by atoms with Gasteiger partial charge in [0.2, 0.25) is 0 Å². The zero-order valence-electron chi connectivity index (χ0n) is 12.2. The Kier molecular flexibility index (Phi) is 4.82. The van der Waals surface area contributed by atoms with Gasteiger partial charge in [0.1, 0.15) is 5.15 Å². The van der Waals surface area contributed by atoms with Crippen LogP contribution in [0.2, 0.25) is 5.15 Å². The lowest BCUT2D eigenvalue weighted by Gasteiger charge is -2.11. The summed E-state index contributed by atoms with van der Waals surface area (Å²) < 4.78 is 0.811. The number of benzene rings is 1. The predicted molar refractivity (Wildman–Crippen MR) is 88.4 cm³/mol. The van der Waals surface area contributed by atoms with Crippen molar-refractivity contribution in [3.05, 3.63) is 44.1 Å². The third-order valence-electron chi connectivity index (χ3n) is 3.45. The van der Waals surface area contributed by atoms with Gasteiger partial charge >= 0.3 is 0 Å². The van der Waals surface area contributed by atoms with Crippen LogP contribution in [0.15, 0.2) is 16.6 Å². The monoisotopic (exact) mass is 352 g/mol. The first-order valence-electron chi connectivity index (χ1n) is 6.74. The third kappa shape index (κ3) is 3.04. The maximum absolute atomic E-state index is 6.23. The van der Waals surface area contributed by atoms with Crippen molar-refractivity contribution in [1.82, 2.24) is 9.97 Å². The molecule has 1 aromatic heterocycles. The van der Waals surface area contributed by atoms with Gasteiger partial charge in [0.25, 0.3) is 0 Å². The van der Waals surface area contributed by atoms with Gasteiger partial charge in [-0.15, -0.1) is 0 Å². The summed E-state index contributed by atoms with van der Waals surface area (Å²) in [6.07, 6.45) is 1.91. The fourth-order valence-electron chi connectivity index (χ4n) is 2.19. The molecule has 0 saturated carbocycles. The van der Waals surface area contributed by atoms with Crippen LogP contribution in [0, 0.1) is 20.8 Å². The molecule has 0 fully saturated rings. The van der Waals surface area contributed by atoms with Crippen LogP contribution in [0.3, 0.4) is 0 Å². The summed E-state index contributed by atoms with van der Waals surface area (Å²) in [4.78, 5) is 9.11. The lowest BCUT2D eigenvalue weighted by Crippen LogP contribution is -2.00. The van der Waals surface area contributed by atoms with Crippen LogP contribution in [0.1, 0.15) is 35.7 Å². The van der Waals surface area contributed by atoms with Crippen molar-refractivity contribution in [2.45, 2.75) is 40.5 Å². The largest absolute Gasteiger partial charge is 0.232 e. The molecular weight excluding hydrogens is 336 g/mol. The second kappa shape index (κ2) is 6.23. The average Bonchev–Trinajstić information content (AvgIpc) is 2.39. The van der Waals surface area contributed by atoms with Gasteiger partial charge < -0.3 is 0 Å². The molecule has 106 valence electrons. The van der Waals surface area contributed by atoms with Crippen molar-refractivity contribution in [3.8, 4) is 11.4 Å². The SMILES string of the molecule is CCCc1nc(-c2cc(C)c(C)cc2C)nc(Cl)c1Br. The molecule has 0 radical (unpaired) electrons. The minimum Gasteiger partial charge on any atom is -0.232 e. The van der Waals surface area contributed by atoms with Crippen molar-refractivity contribution in [2.24, 2.45) is 0 Å². The zero-order chi connectivity index (χ0) is 14.9. The highest BCUT2D eigenvalue weighted by Gasteiger charge is 2.13. The Labute approximate surface area is 133 Å². The van der Waals surface area contributed by atoms with Crippen molar-refractivity contribution in [3.63, 3.8) is 0 Å². The number of hydrogen-bond donors (Lipinski definition) is 0. The summed E-state index contributed by atoms with van der Waals surface area (Å²) in [5.74, 6) is 0.710. The zero-order valence-corrected chi connectivity index (χ0v) is 14.6. The van der Waals surface area contributed by atoms with Gasteiger partial charge in [-0.1, -0.05) is 31.0 Å². The maximum Gasteiger partial charge on any atom is 0.161 e. The van der Waals surface area contributed by atoms with E-state index in [1.165, 1.54) is 16.7 Å². The Morgan fingerprint density at radius 1 is 1.05 bits per heavy atom. The van der Waals surface area contributed by atoms with E-state index >= 15 is 0 Å². The van der Waals surface area contributed by atoms with Gasteiger partial charge in [0.15, 0.2) is 5.82 Å². The van der Waals surface area contributed by atoms with Gasteiger partial charge in [-0.25, -0.2) is 9.97 Å². The molecule has 0 saturated heterocycles. The van der Waals surface area contributed by atoms with Crippen LogP contribution < -0.4 is 0 Å². The Morgan fingerprint density at radius 3 is 2.35 bits per heavy atom. The fourth-order valence-corrected chi connectivity index (χ4v) is 2.75. The van der Waals surface area contributed by atoms with E-state index in [2.05, 4.69) is 65.7 Å². The number of nitrogens with zero attached hydrogens (tertiary/aromatic N) is 2. The Balaban J connectivity index is 2.61. The first-order chi connectivity index (χ1) is 9.43. The molecule has 0 aliphatic carbocycles. The summed E-state index contributed by atoms with van der Waals surface area (Å²) in [6.45, 7) is 8.43. The third-order valence-corrected chi connectivity index (χ3v) is 4.78. The Bertz CT molecular complexity index is 653. The van der Waals surface area contributed by atoms with E-state index in [-0.39, 0.29) is 0 Å². The topological polar surface area (TPSA) is 25.8 Å². The average molecular weight is 354 g/mol. The predicted octanol–water partition coefficient (Wildman–Crippen LogP) is 5.44. The van der Waals surface area contributed by atoms with Crippen molar-refractivity contribution < 1.29 is 0 Å². The maximum atomic E-state index is 6.23. The molecule has 0 N–H and O–H groups in total. The fraction of sp³-hybridized carbons (Fsp3) is 0.375. The molecule has 0 aliphatic heterocycles. The van der Waals surface area contributed by atoms with Crippen LogP contribution in [0.25, 0.3) is 11.4 Å². The van der Waals surface area contributed by atoms with E-state index in [0.29, 0.717) is 11.0 Å². The number of hydrogen-bond acceptors (Lipinski definition) is 2. The summed E-state index contributed by atoms with van der Waals surface area (Å²) in [5.41, 5.74) is 5.72. The van der Waals surface area contributed by atoms with E-state index in [9.17, 15) is 0 Å². The summed E-state index contributed by atoms with van der Waals surface area (Å²) in [5, 5.41) is 0.482. The molecule has 0 aliphatic rings. The second-order valence-electron chi connectivity index (χ2n) is 5.10. The van der Waals surface area contributed by atoms with Gasteiger partial charge in [0, 0.05) is 5.56 Å². The van der Waals surface area contributed by atoms with Crippen molar-refractivity contribution in [1.29, 1.82) is 0 Å². The van der Waals surface area contributed by atoms with Gasteiger partial charge in [-0.2, -0.15) is 0 Å². The van der Waals surface area contributed by atoms with E-state index in [4.69, 9.17) is 11.6 Å². The number of aryl methyl sites for hydroxylation is 4. The van der Waals surface area contributed by atoms with Crippen LogP contribution in [0.5, 0.6) is 0 Å². The van der Waals surface area contributed by atoms with E-state index in [0.717, 1.165) is 28.6 Å². The lowest BCUT2D eigenvalue weighted by molar-refractivity contribution is 0.867. The molecule has 0 atom stereocenters. The quantitative estimate of drug-likeness (QED) is 0.687. The van der Waals surface area contributed by atoms with Crippen LogP contribution >= 0.6 is 27.5 Å². The van der Waals surface area contributed by atoms with E-state index < -0.39 is 0 Å². The highest BCUT2D eigenvalue weighted by molar-refractivity contribution is 9.10. The molecule has 0 spiro atoms. The molecule has 2 rings (SSSR count). The molecule has 2 nitrogen and oxygen atoms in total. The molecule has 1 heterocycles. The van der Waals surface area contributed by atoms with Gasteiger partial charge in [-0.3, -0.25) is 0 Å². The molecule has 1 aromatic carbocycles. The molecule has 0 unspecified atom stereocenters. The summed E-state index contributed by atoms with van der Waals surface area (Å²) in [6, 6.07) is 4.31. The molecule has 0 bridgehead atoms. The number of rotatable bonds is 3. The first kappa shape index (κ1) is 15.5. The normalized spacial score (nSPS) is 10.9. The Morgan fingerprint density at radius 2 is 1.70 bits per heavy atom. The first-order valence-corrected chi connectivity index (χ1v) is 7.91. The van der Waals surface area contributed by atoms with Gasteiger partial charge in [-0.05, 0) is 65.9 Å². The summed E-state index contributed by atoms with van der Waals surface area (Å²) in [7, 11) is 0. The number of aromatic nitrogens is 2. The van der Waals surface area contributed by atoms with Crippen molar-refractivity contribution in [2.75, 3.05) is 0 Å². The smallest absolute Gasteiger partial charge is 0.161 e. The van der Waals surface area contributed by atoms with Crippen LogP contribution in [0.4, 0.5) is 0 Å².